The molecule has 7 heteroatoms. The Morgan fingerprint density at radius 1 is 1.22 bits per heavy atom. The summed E-state index contributed by atoms with van der Waals surface area (Å²) >= 11 is 17.9. The summed E-state index contributed by atoms with van der Waals surface area (Å²) in [6.07, 6.45) is -0.850. The first-order valence-electron chi connectivity index (χ1n) is 6.53. The van der Waals surface area contributed by atoms with Crippen LogP contribution in [0.5, 0.6) is 5.75 Å². The zero-order valence-electron chi connectivity index (χ0n) is 11.9. The van der Waals surface area contributed by atoms with Crippen LogP contribution in [0.25, 0.3) is 0 Å². The minimum Gasteiger partial charge on any atom is -0.478 e. The van der Waals surface area contributed by atoms with E-state index in [0.29, 0.717) is 16.3 Å². The number of carbonyl (C=O) groups is 1. The third-order valence-corrected chi connectivity index (χ3v) is 3.67. The molecule has 1 atom stereocenters. The highest BCUT2D eigenvalue weighted by Gasteiger charge is 2.19. The quantitative estimate of drug-likeness (QED) is 0.831. The molecule has 4 nitrogen and oxygen atoms in total. The van der Waals surface area contributed by atoms with Crippen molar-refractivity contribution in [1.29, 1.82) is 5.26 Å². The molecule has 0 aliphatic heterocycles. The van der Waals surface area contributed by atoms with Crippen LogP contribution < -0.4 is 10.1 Å². The number of hydrogen-bond acceptors (Lipinski definition) is 3. The molecule has 1 amide bonds. The molecule has 0 heterocycles. The molecule has 2 rings (SSSR count). The first-order chi connectivity index (χ1) is 10.9. The second kappa shape index (κ2) is 7.56. The maximum absolute atomic E-state index is 12.2. The highest BCUT2D eigenvalue weighted by Crippen LogP contribution is 2.36. The average Bonchev–Trinajstić information content (AvgIpc) is 2.50. The Hall–Kier alpha value is -1.93. The molecule has 0 fully saturated rings. The first-order valence-corrected chi connectivity index (χ1v) is 7.66. The van der Waals surface area contributed by atoms with E-state index < -0.39 is 12.0 Å². The fraction of sp³-hybridized carbons (Fsp3) is 0.125. The Morgan fingerprint density at radius 2 is 1.87 bits per heavy atom. The molecule has 0 bridgehead atoms. The SMILES string of the molecule is C[C@H](Oc1c(Cl)cc(Cl)cc1Cl)C(=O)Nc1cccc(C#N)c1. The van der Waals surface area contributed by atoms with Crippen molar-refractivity contribution >= 4 is 46.4 Å². The molecule has 0 aliphatic rings. The number of hydrogen-bond donors (Lipinski definition) is 1. The van der Waals surface area contributed by atoms with Crippen molar-refractivity contribution in [3.63, 3.8) is 0 Å². The fourth-order valence-electron chi connectivity index (χ4n) is 1.78. The number of amides is 1. The fourth-order valence-corrected chi connectivity index (χ4v) is 2.69. The largest absolute Gasteiger partial charge is 0.478 e. The smallest absolute Gasteiger partial charge is 0.265 e. The summed E-state index contributed by atoms with van der Waals surface area (Å²) in [4.78, 5) is 12.2. The second-order valence-electron chi connectivity index (χ2n) is 4.64. The molecule has 23 heavy (non-hydrogen) atoms. The molecule has 0 saturated heterocycles. The zero-order valence-corrected chi connectivity index (χ0v) is 14.2. The molecule has 2 aromatic rings. The Balaban J connectivity index is 2.10. The predicted octanol–water partition coefficient (Wildman–Crippen LogP) is 4.92. The van der Waals surface area contributed by atoms with E-state index in [1.54, 1.807) is 31.2 Å². The van der Waals surface area contributed by atoms with Crippen LogP contribution in [0.15, 0.2) is 36.4 Å². The maximum Gasteiger partial charge on any atom is 0.265 e. The lowest BCUT2D eigenvalue weighted by molar-refractivity contribution is -0.122. The predicted molar refractivity (Wildman–Crippen MR) is 91.3 cm³/mol. The van der Waals surface area contributed by atoms with Gasteiger partial charge in [0.2, 0.25) is 0 Å². The van der Waals surface area contributed by atoms with Crippen molar-refractivity contribution in [1.82, 2.24) is 0 Å². The van der Waals surface area contributed by atoms with E-state index in [2.05, 4.69) is 5.32 Å². The van der Waals surface area contributed by atoms with Crippen LogP contribution in [-0.2, 0) is 4.79 Å². The lowest BCUT2D eigenvalue weighted by atomic mass is 10.2. The second-order valence-corrected chi connectivity index (χ2v) is 5.89. The molecular weight excluding hydrogens is 359 g/mol. The molecule has 0 unspecified atom stereocenters. The van der Waals surface area contributed by atoms with E-state index in [4.69, 9.17) is 44.8 Å². The van der Waals surface area contributed by atoms with Crippen LogP contribution in [0.1, 0.15) is 12.5 Å². The van der Waals surface area contributed by atoms with Gasteiger partial charge in [-0.1, -0.05) is 40.9 Å². The molecule has 0 radical (unpaired) electrons. The Labute approximate surface area is 148 Å². The molecule has 0 aromatic heterocycles. The molecular formula is C16H11Cl3N2O2. The minimum atomic E-state index is -0.850. The summed E-state index contributed by atoms with van der Waals surface area (Å²) in [5, 5.41) is 12.3. The van der Waals surface area contributed by atoms with Crippen LogP contribution in [0, 0.1) is 11.3 Å². The van der Waals surface area contributed by atoms with Gasteiger partial charge in [-0.2, -0.15) is 5.26 Å². The number of benzene rings is 2. The van der Waals surface area contributed by atoms with Crippen LogP contribution in [-0.4, -0.2) is 12.0 Å². The van der Waals surface area contributed by atoms with Crippen molar-refractivity contribution in [3.8, 4) is 11.8 Å². The monoisotopic (exact) mass is 368 g/mol. The lowest BCUT2D eigenvalue weighted by Gasteiger charge is -2.17. The van der Waals surface area contributed by atoms with Crippen molar-refractivity contribution in [2.45, 2.75) is 13.0 Å². The summed E-state index contributed by atoms with van der Waals surface area (Å²) in [5.74, 6) is -0.215. The van der Waals surface area contributed by atoms with E-state index in [0.717, 1.165) is 0 Å². The van der Waals surface area contributed by atoms with Gasteiger partial charge in [-0.25, -0.2) is 0 Å². The van der Waals surface area contributed by atoms with E-state index in [1.807, 2.05) is 6.07 Å². The molecule has 2 aromatic carbocycles. The van der Waals surface area contributed by atoms with Gasteiger partial charge >= 0.3 is 0 Å². The number of nitriles is 1. The van der Waals surface area contributed by atoms with Crippen molar-refractivity contribution in [2.75, 3.05) is 5.32 Å². The normalized spacial score (nSPS) is 11.4. The highest BCUT2D eigenvalue weighted by atomic mass is 35.5. The van der Waals surface area contributed by atoms with Gasteiger partial charge in [0.15, 0.2) is 11.9 Å². The molecule has 0 saturated carbocycles. The number of carbonyl (C=O) groups excluding carboxylic acids is 1. The molecule has 0 aliphatic carbocycles. The van der Waals surface area contributed by atoms with Crippen molar-refractivity contribution in [3.05, 3.63) is 57.0 Å². The third kappa shape index (κ3) is 4.52. The van der Waals surface area contributed by atoms with Crippen LogP contribution in [0.4, 0.5) is 5.69 Å². The van der Waals surface area contributed by atoms with Gasteiger partial charge in [-0.15, -0.1) is 0 Å². The number of rotatable bonds is 4. The van der Waals surface area contributed by atoms with Crippen molar-refractivity contribution in [2.24, 2.45) is 0 Å². The summed E-state index contributed by atoms with van der Waals surface area (Å²) in [6.45, 7) is 1.56. The van der Waals surface area contributed by atoms with Gasteiger partial charge in [-0.3, -0.25) is 4.79 Å². The van der Waals surface area contributed by atoms with E-state index in [1.165, 1.54) is 12.1 Å². The van der Waals surface area contributed by atoms with Crippen LogP contribution >= 0.6 is 34.8 Å². The van der Waals surface area contributed by atoms with Gasteiger partial charge in [-0.05, 0) is 37.3 Å². The maximum atomic E-state index is 12.2. The number of nitrogens with zero attached hydrogens (tertiary/aromatic N) is 1. The number of nitrogens with one attached hydrogen (secondary N) is 1. The van der Waals surface area contributed by atoms with Crippen LogP contribution in [0.2, 0.25) is 15.1 Å². The Bertz CT molecular complexity index is 764. The van der Waals surface area contributed by atoms with Gasteiger partial charge < -0.3 is 10.1 Å². The summed E-state index contributed by atoms with van der Waals surface area (Å²) in [5.41, 5.74) is 0.943. The first kappa shape index (κ1) is 17.4. The molecule has 0 spiro atoms. The lowest BCUT2D eigenvalue weighted by Crippen LogP contribution is -2.30. The number of ether oxygens (including phenoxy) is 1. The summed E-state index contributed by atoms with van der Waals surface area (Å²) in [7, 11) is 0. The van der Waals surface area contributed by atoms with Gasteiger partial charge in [0.05, 0.1) is 21.7 Å². The van der Waals surface area contributed by atoms with Gasteiger partial charge in [0.1, 0.15) is 0 Å². The Kier molecular flexibility index (Phi) is 5.73. The number of anilines is 1. The topological polar surface area (TPSA) is 62.1 Å². The van der Waals surface area contributed by atoms with Crippen molar-refractivity contribution < 1.29 is 9.53 Å². The van der Waals surface area contributed by atoms with E-state index in [9.17, 15) is 4.79 Å². The van der Waals surface area contributed by atoms with Crippen LogP contribution in [0.3, 0.4) is 0 Å². The van der Waals surface area contributed by atoms with E-state index in [-0.39, 0.29) is 15.8 Å². The zero-order chi connectivity index (χ0) is 17.0. The molecule has 118 valence electrons. The average molecular weight is 370 g/mol. The number of halogens is 3. The molecule has 1 N–H and O–H groups in total. The van der Waals surface area contributed by atoms with E-state index >= 15 is 0 Å². The highest BCUT2D eigenvalue weighted by molar-refractivity contribution is 6.40. The minimum absolute atomic E-state index is 0.186. The third-order valence-electron chi connectivity index (χ3n) is 2.89. The Morgan fingerprint density at radius 3 is 2.48 bits per heavy atom. The summed E-state index contributed by atoms with van der Waals surface area (Å²) < 4.78 is 5.52. The standard InChI is InChI=1S/C16H11Cl3N2O2/c1-9(23-15-13(18)6-11(17)7-14(15)19)16(22)21-12-4-2-3-10(5-12)8-20/h2-7,9H,1H3,(H,21,22)/t9-/m0/s1. The van der Waals surface area contributed by atoms with Gasteiger partial charge in [0.25, 0.3) is 5.91 Å². The summed E-state index contributed by atoms with van der Waals surface area (Å²) in [6, 6.07) is 11.5. The van der Waals surface area contributed by atoms with Gasteiger partial charge in [0, 0.05) is 10.7 Å².